The number of halogens is 1. The monoisotopic (exact) mass is 447 g/mol. The summed E-state index contributed by atoms with van der Waals surface area (Å²) in [7, 11) is 0. The first-order valence-electron chi connectivity index (χ1n) is 11.1. The summed E-state index contributed by atoms with van der Waals surface area (Å²) >= 11 is 0. The molecule has 7 heteroatoms. The second kappa shape index (κ2) is 9.81. The lowest BCUT2D eigenvalue weighted by atomic mass is 9.95. The van der Waals surface area contributed by atoms with E-state index >= 15 is 0 Å². The van der Waals surface area contributed by atoms with Crippen molar-refractivity contribution in [1.29, 1.82) is 0 Å². The summed E-state index contributed by atoms with van der Waals surface area (Å²) in [5, 5.41) is 0. The first-order chi connectivity index (χ1) is 16.0. The van der Waals surface area contributed by atoms with Gasteiger partial charge in [0.15, 0.2) is 0 Å². The molecule has 6 nitrogen and oxygen atoms in total. The van der Waals surface area contributed by atoms with Crippen molar-refractivity contribution in [3.63, 3.8) is 0 Å². The first-order valence-corrected chi connectivity index (χ1v) is 11.1. The minimum atomic E-state index is -0.439. The van der Waals surface area contributed by atoms with E-state index in [1.54, 1.807) is 34.1 Å². The van der Waals surface area contributed by atoms with Crippen molar-refractivity contribution in [1.82, 2.24) is 14.8 Å². The van der Waals surface area contributed by atoms with Crippen molar-refractivity contribution in [2.24, 2.45) is 5.92 Å². The third-order valence-electron chi connectivity index (χ3n) is 6.08. The van der Waals surface area contributed by atoms with Crippen LogP contribution in [0.3, 0.4) is 0 Å². The highest BCUT2D eigenvalue weighted by Gasteiger charge is 2.32. The minimum Gasteiger partial charge on any atom is -0.341 e. The van der Waals surface area contributed by atoms with Gasteiger partial charge >= 0.3 is 0 Å². The Bertz CT molecular complexity index is 1210. The van der Waals surface area contributed by atoms with E-state index in [-0.39, 0.29) is 29.7 Å². The zero-order valence-electron chi connectivity index (χ0n) is 18.5. The third kappa shape index (κ3) is 4.87. The number of nitrogens with one attached hydrogen (secondary N) is 1. The molecule has 1 saturated heterocycles. The highest BCUT2D eigenvalue weighted by Crippen LogP contribution is 2.24. The molecule has 170 valence electrons. The standard InChI is InChI=1S/C26H26FN3O3/c1-2-29-14-15-30(26(33)22-7-5-13-28-24(22)31)17-20(25(29)32)16-18-9-11-19(12-10-18)21-6-3-4-8-23(21)27/h3-13,20H,2,14-17H2,1H3,(H,28,31)/t20-/m1/s1. The Labute approximate surface area is 191 Å². The number of amides is 2. The SMILES string of the molecule is CCN1CCN(C(=O)c2ccc[nH]c2=O)C[C@@H](Cc2ccc(-c3ccccc3F)cc2)C1=O. The molecule has 0 radical (unpaired) electrons. The van der Waals surface area contributed by atoms with Gasteiger partial charge in [-0.2, -0.15) is 0 Å². The lowest BCUT2D eigenvalue weighted by Crippen LogP contribution is -2.39. The summed E-state index contributed by atoms with van der Waals surface area (Å²) in [5.41, 5.74) is 1.85. The zero-order chi connectivity index (χ0) is 23.4. The first kappa shape index (κ1) is 22.5. The van der Waals surface area contributed by atoms with E-state index in [1.165, 1.54) is 18.3 Å². The topological polar surface area (TPSA) is 73.5 Å². The van der Waals surface area contributed by atoms with Gasteiger partial charge in [0.2, 0.25) is 5.91 Å². The predicted octanol–water partition coefficient (Wildman–Crippen LogP) is 3.34. The van der Waals surface area contributed by atoms with Gasteiger partial charge in [0.05, 0.1) is 5.92 Å². The molecule has 0 bridgehead atoms. The molecular weight excluding hydrogens is 421 g/mol. The fraction of sp³-hybridized carbons (Fsp3) is 0.269. The molecule has 2 aromatic carbocycles. The number of rotatable bonds is 5. The number of carbonyl (C=O) groups excluding carboxylic acids is 2. The normalized spacial score (nSPS) is 16.5. The van der Waals surface area contributed by atoms with Crippen LogP contribution in [-0.2, 0) is 11.2 Å². The maximum atomic E-state index is 14.1. The number of likely N-dealkylation sites (N-methyl/N-ethyl adjacent to an activating group) is 1. The molecule has 3 aromatic rings. The fourth-order valence-electron chi connectivity index (χ4n) is 4.26. The molecule has 1 atom stereocenters. The molecule has 1 aliphatic rings. The molecule has 2 heterocycles. The van der Waals surface area contributed by atoms with Gasteiger partial charge in [-0.05, 0) is 42.7 Å². The molecular formula is C26H26FN3O3. The van der Waals surface area contributed by atoms with Crippen LogP contribution < -0.4 is 5.56 Å². The minimum absolute atomic E-state index is 0.00653. The molecule has 1 aromatic heterocycles. The summed E-state index contributed by atoms with van der Waals surface area (Å²) < 4.78 is 14.1. The number of carbonyl (C=O) groups is 2. The molecule has 1 N–H and O–H groups in total. The van der Waals surface area contributed by atoms with Gasteiger partial charge in [-0.1, -0.05) is 42.5 Å². The molecule has 1 fully saturated rings. The number of pyridine rings is 1. The van der Waals surface area contributed by atoms with Gasteiger partial charge in [0.1, 0.15) is 11.4 Å². The number of hydrogen-bond donors (Lipinski definition) is 1. The van der Waals surface area contributed by atoms with Crippen LogP contribution in [0.2, 0.25) is 0 Å². The number of H-pyrrole nitrogens is 1. The van der Waals surface area contributed by atoms with Crippen LogP contribution in [0.5, 0.6) is 0 Å². The summed E-state index contributed by atoms with van der Waals surface area (Å²) in [4.78, 5) is 44.2. The van der Waals surface area contributed by atoms with Gasteiger partial charge in [-0.25, -0.2) is 4.39 Å². The number of aromatic amines is 1. The lowest BCUT2D eigenvalue weighted by molar-refractivity contribution is -0.134. The van der Waals surface area contributed by atoms with E-state index in [2.05, 4.69) is 4.98 Å². The Balaban J connectivity index is 1.56. The largest absolute Gasteiger partial charge is 0.341 e. The van der Waals surface area contributed by atoms with Gasteiger partial charge in [-0.15, -0.1) is 0 Å². The molecule has 0 aliphatic carbocycles. The van der Waals surface area contributed by atoms with Crippen LogP contribution in [0.25, 0.3) is 11.1 Å². The van der Waals surface area contributed by atoms with Gasteiger partial charge in [-0.3, -0.25) is 14.4 Å². The molecule has 33 heavy (non-hydrogen) atoms. The average molecular weight is 448 g/mol. The van der Waals surface area contributed by atoms with E-state index in [1.807, 2.05) is 31.2 Å². The Morgan fingerprint density at radius 1 is 1.03 bits per heavy atom. The molecule has 2 amide bonds. The maximum absolute atomic E-state index is 14.1. The van der Waals surface area contributed by atoms with Crippen molar-refractivity contribution in [3.05, 3.63) is 94.2 Å². The van der Waals surface area contributed by atoms with Gasteiger partial charge < -0.3 is 14.8 Å². The Hall–Kier alpha value is -3.74. The maximum Gasteiger partial charge on any atom is 0.260 e. The van der Waals surface area contributed by atoms with E-state index < -0.39 is 11.5 Å². The molecule has 4 rings (SSSR count). The molecule has 0 spiro atoms. The number of nitrogens with zero attached hydrogens (tertiary/aromatic N) is 2. The van der Waals surface area contributed by atoms with Gasteiger partial charge in [0.25, 0.3) is 11.5 Å². The highest BCUT2D eigenvalue weighted by atomic mass is 19.1. The van der Waals surface area contributed by atoms with Crippen LogP contribution in [0, 0.1) is 11.7 Å². The zero-order valence-corrected chi connectivity index (χ0v) is 18.5. The fourth-order valence-corrected chi connectivity index (χ4v) is 4.26. The van der Waals surface area contributed by atoms with Crippen molar-refractivity contribution in [2.45, 2.75) is 13.3 Å². The van der Waals surface area contributed by atoms with Crippen LogP contribution >= 0.6 is 0 Å². The quantitative estimate of drug-likeness (QED) is 0.652. The summed E-state index contributed by atoms with van der Waals surface area (Å²) in [6, 6.07) is 17.2. The van der Waals surface area contributed by atoms with E-state index in [0.29, 0.717) is 31.6 Å². The third-order valence-corrected chi connectivity index (χ3v) is 6.08. The Morgan fingerprint density at radius 2 is 1.79 bits per heavy atom. The molecule has 0 unspecified atom stereocenters. The smallest absolute Gasteiger partial charge is 0.260 e. The van der Waals surface area contributed by atoms with Crippen LogP contribution in [-0.4, -0.2) is 52.8 Å². The van der Waals surface area contributed by atoms with Crippen molar-refractivity contribution >= 4 is 11.8 Å². The lowest BCUT2D eigenvalue weighted by Gasteiger charge is -2.23. The average Bonchev–Trinajstić information content (AvgIpc) is 2.98. The van der Waals surface area contributed by atoms with Crippen molar-refractivity contribution in [2.75, 3.05) is 26.2 Å². The van der Waals surface area contributed by atoms with Crippen molar-refractivity contribution in [3.8, 4) is 11.1 Å². The summed E-state index contributed by atoms with van der Waals surface area (Å²) in [6.45, 7) is 3.49. The van der Waals surface area contributed by atoms with Crippen LogP contribution in [0.15, 0.2) is 71.7 Å². The number of aromatic nitrogens is 1. The Morgan fingerprint density at radius 3 is 2.48 bits per heavy atom. The van der Waals surface area contributed by atoms with E-state index in [9.17, 15) is 18.8 Å². The van der Waals surface area contributed by atoms with E-state index in [4.69, 9.17) is 0 Å². The van der Waals surface area contributed by atoms with Crippen LogP contribution in [0.1, 0.15) is 22.8 Å². The van der Waals surface area contributed by atoms with E-state index in [0.717, 1.165) is 11.1 Å². The molecule has 1 aliphatic heterocycles. The summed E-state index contributed by atoms with van der Waals surface area (Å²) in [5.74, 6) is -1.10. The predicted molar refractivity (Wildman–Crippen MR) is 124 cm³/mol. The van der Waals surface area contributed by atoms with Crippen LogP contribution in [0.4, 0.5) is 4.39 Å². The van der Waals surface area contributed by atoms with Gasteiger partial charge in [0, 0.05) is 37.9 Å². The second-order valence-electron chi connectivity index (χ2n) is 8.16. The molecule has 0 saturated carbocycles. The second-order valence-corrected chi connectivity index (χ2v) is 8.16. The summed E-state index contributed by atoms with van der Waals surface area (Å²) in [6.07, 6.45) is 1.93. The Kier molecular flexibility index (Phi) is 6.68. The number of hydrogen-bond acceptors (Lipinski definition) is 3. The highest BCUT2D eigenvalue weighted by molar-refractivity contribution is 5.94. The van der Waals surface area contributed by atoms with Crippen molar-refractivity contribution < 1.29 is 14.0 Å². The number of benzene rings is 2.